The van der Waals surface area contributed by atoms with E-state index in [1.165, 1.54) is 19.1 Å². The van der Waals surface area contributed by atoms with Crippen LogP contribution in [0.2, 0.25) is 0 Å². The minimum absolute atomic E-state index is 0.106. The number of hydrogen-bond acceptors (Lipinski definition) is 2. The molecule has 0 unspecified atom stereocenters. The molecule has 0 aliphatic carbocycles. The van der Waals surface area contributed by atoms with Crippen LogP contribution in [0.15, 0.2) is 24.3 Å². The van der Waals surface area contributed by atoms with Gasteiger partial charge in [0.2, 0.25) is 0 Å². The summed E-state index contributed by atoms with van der Waals surface area (Å²) in [5.41, 5.74) is 1.07. The van der Waals surface area contributed by atoms with Gasteiger partial charge in [0.15, 0.2) is 5.78 Å². The van der Waals surface area contributed by atoms with Crippen LogP contribution in [0.4, 0.5) is 8.78 Å². The molecule has 1 aromatic rings. The first-order valence-corrected chi connectivity index (χ1v) is 4.74. The Morgan fingerprint density at radius 2 is 2.12 bits per heavy atom. The Balaban J connectivity index is 3.07. The van der Waals surface area contributed by atoms with E-state index in [4.69, 9.17) is 0 Å². The lowest BCUT2D eigenvalue weighted by Crippen LogP contribution is -2.04. The lowest BCUT2D eigenvalue weighted by Gasteiger charge is -2.10. The van der Waals surface area contributed by atoms with Crippen molar-refractivity contribution in [2.24, 2.45) is 0 Å². The highest BCUT2D eigenvalue weighted by Crippen LogP contribution is 2.26. The van der Waals surface area contributed by atoms with E-state index in [0.29, 0.717) is 11.1 Å². The van der Waals surface area contributed by atoms with Gasteiger partial charge in [-0.2, -0.15) is 8.78 Å². The molecular weight excluding hydrogens is 214 g/mol. The monoisotopic (exact) mass is 226 g/mol. The maximum atomic E-state index is 12.2. The number of rotatable bonds is 4. The Morgan fingerprint density at radius 3 is 2.69 bits per heavy atom. The van der Waals surface area contributed by atoms with E-state index in [9.17, 15) is 13.6 Å². The second kappa shape index (κ2) is 5.39. The third-order valence-electron chi connectivity index (χ3n) is 1.95. The number of benzene rings is 1. The molecule has 0 radical (unpaired) electrons. The van der Waals surface area contributed by atoms with Crippen LogP contribution < -0.4 is 4.74 Å². The quantitative estimate of drug-likeness (QED) is 0.737. The van der Waals surface area contributed by atoms with Crippen LogP contribution in [-0.4, -0.2) is 12.4 Å². The van der Waals surface area contributed by atoms with Gasteiger partial charge in [-0.1, -0.05) is 18.2 Å². The van der Waals surface area contributed by atoms with Crippen LogP contribution >= 0.6 is 0 Å². The second-order valence-corrected chi connectivity index (χ2v) is 3.32. The van der Waals surface area contributed by atoms with Crippen molar-refractivity contribution in [3.05, 3.63) is 35.4 Å². The Morgan fingerprint density at radius 1 is 1.44 bits per heavy atom. The minimum atomic E-state index is -2.87. The molecule has 0 N–H and O–H groups in total. The second-order valence-electron chi connectivity index (χ2n) is 3.32. The summed E-state index contributed by atoms with van der Waals surface area (Å²) in [7, 11) is 0. The first kappa shape index (κ1) is 12.4. The fourth-order valence-corrected chi connectivity index (χ4v) is 1.26. The molecule has 0 fully saturated rings. The summed E-state index contributed by atoms with van der Waals surface area (Å²) in [5.74, 6) is -0.0421. The fraction of sp³-hybridized carbons (Fsp3) is 0.250. The molecule has 0 heterocycles. The van der Waals surface area contributed by atoms with Crippen molar-refractivity contribution >= 4 is 11.9 Å². The van der Waals surface area contributed by atoms with Crippen molar-refractivity contribution in [2.75, 3.05) is 0 Å². The molecule has 0 saturated heterocycles. The van der Waals surface area contributed by atoms with Gasteiger partial charge in [-0.25, -0.2) is 0 Å². The summed E-state index contributed by atoms with van der Waals surface area (Å²) in [6.07, 6.45) is 2.78. The topological polar surface area (TPSA) is 26.3 Å². The molecule has 0 aliphatic heterocycles. The van der Waals surface area contributed by atoms with Crippen LogP contribution in [0.3, 0.4) is 0 Å². The van der Waals surface area contributed by atoms with Crippen LogP contribution in [0.1, 0.15) is 18.1 Å². The van der Waals surface area contributed by atoms with Crippen LogP contribution in [0, 0.1) is 6.92 Å². The Hall–Kier alpha value is -1.71. The van der Waals surface area contributed by atoms with Crippen molar-refractivity contribution in [1.29, 1.82) is 0 Å². The van der Waals surface area contributed by atoms with Crippen molar-refractivity contribution in [3.63, 3.8) is 0 Å². The Bertz CT molecular complexity index is 411. The van der Waals surface area contributed by atoms with E-state index in [1.54, 1.807) is 25.1 Å². The van der Waals surface area contributed by atoms with Gasteiger partial charge < -0.3 is 4.74 Å². The van der Waals surface area contributed by atoms with Gasteiger partial charge in [-0.05, 0) is 31.6 Å². The van der Waals surface area contributed by atoms with Gasteiger partial charge in [0.1, 0.15) is 5.75 Å². The number of carbonyl (C=O) groups is 1. The zero-order valence-corrected chi connectivity index (χ0v) is 9.04. The number of para-hydroxylation sites is 1. The lowest BCUT2D eigenvalue weighted by molar-refractivity contribution is -0.112. The molecule has 0 amide bonds. The molecule has 0 saturated carbocycles. The van der Waals surface area contributed by atoms with Gasteiger partial charge in [0, 0.05) is 5.56 Å². The molecule has 0 aliphatic rings. The average Bonchev–Trinajstić information content (AvgIpc) is 2.18. The van der Waals surface area contributed by atoms with Gasteiger partial charge >= 0.3 is 6.61 Å². The molecule has 0 spiro atoms. The molecule has 16 heavy (non-hydrogen) atoms. The molecule has 0 bridgehead atoms. The summed E-state index contributed by atoms with van der Waals surface area (Å²) in [6, 6.07) is 5.00. The summed E-state index contributed by atoms with van der Waals surface area (Å²) in [4.78, 5) is 10.8. The average molecular weight is 226 g/mol. The third kappa shape index (κ3) is 3.46. The highest BCUT2D eigenvalue weighted by molar-refractivity contribution is 5.91. The van der Waals surface area contributed by atoms with E-state index in [2.05, 4.69) is 4.74 Å². The van der Waals surface area contributed by atoms with E-state index < -0.39 is 6.61 Å². The molecular formula is C12H12F2O2. The SMILES string of the molecule is CC(=O)/C=C/c1cccc(C)c1OC(F)F. The predicted octanol–water partition coefficient (Wildman–Crippen LogP) is 3.20. The predicted molar refractivity (Wildman–Crippen MR) is 57.5 cm³/mol. The number of ether oxygens (including phenoxy) is 1. The minimum Gasteiger partial charge on any atom is -0.434 e. The van der Waals surface area contributed by atoms with Crippen molar-refractivity contribution < 1.29 is 18.3 Å². The Labute approximate surface area is 92.5 Å². The van der Waals surface area contributed by atoms with Gasteiger partial charge in [0.25, 0.3) is 0 Å². The Kier molecular flexibility index (Phi) is 4.17. The van der Waals surface area contributed by atoms with Gasteiger partial charge in [0.05, 0.1) is 0 Å². The number of ketones is 1. The molecule has 1 rings (SSSR count). The number of halogens is 2. The van der Waals surface area contributed by atoms with Crippen molar-refractivity contribution in [3.8, 4) is 5.75 Å². The third-order valence-corrected chi connectivity index (χ3v) is 1.95. The molecule has 4 heteroatoms. The van der Waals surface area contributed by atoms with E-state index in [0.717, 1.165) is 0 Å². The summed E-state index contributed by atoms with van der Waals surface area (Å²) >= 11 is 0. The maximum Gasteiger partial charge on any atom is 0.387 e. The van der Waals surface area contributed by atoms with Gasteiger partial charge in [-0.15, -0.1) is 0 Å². The van der Waals surface area contributed by atoms with E-state index in [-0.39, 0.29) is 11.5 Å². The van der Waals surface area contributed by atoms with Gasteiger partial charge in [-0.3, -0.25) is 4.79 Å². The summed E-state index contributed by atoms with van der Waals surface area (Å²) in [5, 5.41) is 0. The standard InChI is InChI=1S/C12H12F2O2/c1-8-4-3-5-10(7-6-9(2)15)11(8)16-12(13)14/h3-7,12H,1-2H3/b7-6+. The number of aryl methyl sites for hydroxylation is 1. The maximum absolute atomic E-state index is 12.2. The first-order chi connectivity index (χ1) is 7.50. The normalized spacial score (nSPS) is 11.1. The van der Waals surface area contributed by atoms with Crippen LogP contribution in [0.25, 0.3) is 6.08 Å². The number of allylic oxidation sites excluding steroid dienone is 1. The van der Waals surface area contributed by atoms with E-state index >= 15 is 0 Å². The molecule has 2 nitrogen and oxygen atoms in total. The van der Waals surface area contributed by atoms with Crippen molar-refractivity contribution in [2.45, 2.75) is 20.5 Å². The van der Waals surface area contributed by atoms with Crippen molar-refractivity contribution in [1.82, 2.24) is 0 Å². The molecule has 1 aromatic carbocycles. The number of hydrogen-bond donors (Lipinski definition) is 0. The van der Waals surface area contributed by atoms with E-state index in [1.807, 2.05) is 0 Å². The van der Waals surface area contributed by atoms with Crippen LogP contribution in [-0.2, 0) is 4.79 Å². The fourth-order valence-electron chi connectivity index (χ4n) is 1.26. The molecule has 0 atom stereocenters. The molecule has 0 aromatic heterocycles. The highest BCUT2D eigenvalue weighted by Gasteiger charge is 2.10. The smallest absolute Gasteiger partial charge is 0.387 e. The largest absolute Gasteiger partial charge is 0.434 e. The summed E-state index contributed by atoms with van der Waals surface area (Å²) < 4.78 is 28.7. The zero-order valence-electron chi connectivity index (χ0n) is 9.04. The highest BCUT2D eigenvalue weighted by atomic mass is 19.3. The zero-order chi connectivity index (χ0) is 12.1. The van der Waals surface area contributed by atoms with Crippen LogP contribution in [0.5, 0.6) is 5.75 Å². The number of alkyl halides is 2. The molecule has 86 valence electrons. The first-order valence-electron chi connectivity index (χ1n) is 4.74. The lowest BCUT2D eigenvalue weighted by atomic mass is 10.1. The number of carbonyl (C=O) groups excluding carboxylic acids is 1. The summed E-state index contributed by atoms with van der Waals surface area (Å²) in [6.45, 7) is 0.188.